The summed E-state index contributed by atoms with van der Waals surface area (Å²) in [6, 6.07) is 7.48. The molecule has 3 amide bonds. The highest BCUT2D eigenvalue weighted by Crippen LogP contribution is 2.35. The van der Waals surface area contributed by atoms with Crippen molar-refractivity contribution in [3.05, 3.63) is 76.0 Å². The molecule has 1 aliphatic rings. The van der Waals surface area contributed by atoms with Crippen LogP contribution in [0.2, 0.25) is 5.02 Å². The highest BCUT2D eigenvalue weighted by molar-refractivity contribution is 14.1. The fraction of sp³-hybridized carbons (Fsp3) is 0.344. The Hall–Kier alpha value is -3.89. The number of anilines is 1. The fourth-order valence-electron chi connectivity index (χ4n) is 5.66. The first-order valence-electron chi connectivity index (χ1n) is 14.7. The van der Waals surface area contributed by atoms with Gasteiger partial charge in [0.1, 0.15) is 0 Å². The minimum atomic E-state index is -1.08. The number of nitrogens with one attached hydrogen (secondary N) is 1. The van der Waals surface area contributed by atoms with E-state index in [1.807, 2.05) is 22.6 Å². The smallest absolute Gasteiger partial charge is 0.291 e. The lowest BCUT2D eigenvalue weighted by Gasteiger charge is -2.34. The van der Waals surface area contributed by atoms with E-state index in [-0.39, 0.29) is 45.0 Å². The van der Waals surface area contributed by atoms with Gasteiger partial charge in [0.25, 0.3) is 11.8 Å². The Kier molecular flexibility index (Phi) is 10.6. The second-order valence-electron chi connectivity index (χ2n) is 11.0. The molecule has 2 aromatic heterocycles. The van der Waals surface area contributed by atoms with Crippen molar-refractivity contribution >= 4 is 57.6 Å². The maximum atomic E-state index is 15.6. The summed E-state index contributed by atoms with van der Waals surface area (Å²) in [5.41, 5.74) is 2.55. The van der Waals surface area contributed by atoms with Crippen LogP contribution in [0, 0.1) is 25.5 Å². The maximum Gasteiger partial charge on any atom is 0.291 e. The summed E-state index contributed by atoms with van der Waals surface area (Å²) >= 11 is 8.47. The Morgan fingerprint density at radius 1 is 1.02 bits per heavy atom. The molecule has 0 bridgehead atoms. The number of nitrogens with zero attached hydrogens (tertiary/aromatic N) is 6. The van der Waals surface area contributed by atoms with Gasteiger partial charge < -0.3 is 24.4 Å². The second-order valence-corrected chi connectivity index (χ2v) is 12.2. The van der Waals surface area contributed by atoms with E-state index in [0.717, 1.165) is 0 Å². The monoisotopic (exact) mass is 779 g/mol. The van der Waals surface area contributed by atoms with Gasteiger partial charge in [-0.1, -0.05) is 40.3 Å². The summed E-state index contributed by atoms with van der Waals surface area (Å²) in [6.07, 6.45) is 1.30. The van der Waals surface area contributed by atoms with E-state index in [4.69, 9.17) is 16.3 Å². The van der Waals surface area contributed by atoms with Crippen LogP contribution < -0.4 is 5.32 Å². The molecule has 47 heavy (non-hydrogen) atoms. The molecule has 1 saturated heterocycles. The first kappa shape index (κ1) is 34.4. The van der Waals surface area contributed by atoms with Gasteiger partial charge in [0.15, 0.2) is 17.5 Å². The molecule has 0 unspecified atom stereocenters. The number of aromatic nitrogens is 4. The topological polar surface area (TPSA) is 115 Å². The number of carbonyl (C=O) groups excluding carboxylic acids is 3. The van der Waals surface area contributed by atoms with Crippen molar-refractivity contribution in [1.29, 1.82) is 0 Å². The van der Waals surface area contributed by atoms with Crippen LogP contribution in [0.5, 0.6) is 0 Å². The zero-order chi connectivity index (χ0) is 34.0. The Balaban J connectivity index is 1.31. The van der Waals surface area contributed by atoms with Gasteiger partial charge in [-0.15, -0.1) is 0 Å². The molecule has 0 spiro atoms. The highest BCUT2D eigenvalue weighted by atomic mass is 127. The number of hydrogen-bond acceptors (Lipinski definition) is 6. The summed E-state index contributed by atoms with van der Waals surface area (Å²) in [7, 11) is 3.10. The molecule has 15 heteroatoms. The van der Waals surface area contributed by atoms with Crippen molar-refractivity contribution in [2.75, 3.05) is 49.6 Å². The summed E-state index contributed by atoms with van der Waals surface area (Å²) in [5, 5.41) is 7.29. The average Bonchev–Trinajstić information content (AvgIpc) is 3.58. The van der Waals surface area contributed by atoms with Crippen molar-refractivity contribution in [2.45, 2.75) is 20.4 Å². The van der Waals surface area contributed by atoms with Gasteiger partial charge in [-0.3, -0.25) is 19.1 Å². The number of benzene rings is 2. The third-order valence-corrected chi connectivity index (χ3v) is 9.16. The van der Waals surface area contributed by atoms with Crippen molar-refractivity contribution in [1.82, 2.24) is 29.1 Å². The van der Waals surface area contributed by atoms with Crippen molar-refractivity contribution in [2.24, 2.45) is 7.05 Å². The van der Waals surface area contributed by atoms with Crippen LogP contribution in [0.3, 0.4) is 0 Å². The lowest BCUT2D eigenvalue weighted by atomic mass is 10.00. The highest BCUT2D eigenvalue weighted by Gasteiger charge is 2.27. The Morgan fingerprint density at radius 2 is 1.68 bits per heavy atom. The summed E-state index contributed by atoms with van der Waals surface area (Å²) in [4.78, 5) is 45.8. The quantitative estimate of drug-likeness (QED) is 0.187. The van der Waals surface area contributed by atoms with Gasteiger partial charge in [0.2, 0.25) is 5.91 Å². The number of rotatable bonds is 9. The molecule has 0 radical (unpaired) electrons. The molecule has 1 fully saturated rings. The molecular weight excluding hydrogens is 747 g/mol. The van der Waals surface area contributed by atoms with Gasteiger partial charge in [0, 0.05) is 68.4 Å². The number of carbonyl (C=O) groups is 3. The zero-order valence-electron chi connectivity index (χ0n) is 26.2. The molecule has 0 atom stereocenters. The Labute approximate surface area is 289 Å². The first-order valence-corrected chi connectivity index (χ1v) is 16.6. The number of hydrogen-bond donors (Lipinski definition) is 1. The molecular formula is C32H33ClF2IN7O4. The minimum absolute atomic E-state index is 0.0365. The van der Waals surface area contributed by atoms with E-state index in [9.17, 15) is 14.4 Å². The predicted molar refractivity (Wildman–Crippen MR) is 182 cm³/mol. The molecule has 248 valence electrons. The van der Waals surface area contributed by atoms with Crippen LogP contribution in [0.1, 0.15) is 32.4 Å². The van der Waals surface area contributed by atoms with E-state index in [0.29, 0.717) is 66.4 Å². The standard InChI is InChI=1S/C32H33ClF2IN7O4/c1-18-27(19(2)43(39-18)13-14-47-4)23-8-7-22(28(34)29(23)35)25-17-37-30(40(25)3)31(45)38-20-5-6-21(24(33)15-20)32(46)42-11-9-41(10-12-42)26(44)16-36/h5-8,15,17H,9-14,16H2,1-4H3,(H,38,45). The van der Waals surface area contributed by atoms with Crippen molar-refractivity contribution in [3.8, 4) is 22.4 Å². The molecule has 11 nitrogen and oxygen atoms in total. The number of ether oxygens (including phenoxy) is 1. The molecule has 2 aromatic carbocycles. The SMILES string of the molecule is COCCn1nc(C)c(-c2ccc(-c3cnc(C(=O)Nc4ccc(C(=O)N5CCN(C(=O)CI)CC5)c(Cl)c4)n3C)c(F)c2F)c1C. The van der Waals surface area contributed by atoms with Crippen LogP contribution >= 0.6 is 34.2 Å². The molecule has 1 aliphatic heterocycles. The number of alkyl halides is 1. The third-order valence-electron chi connectivity index (χ3n) is 8.20. The summed E-state index contributed by atoms with van der Waals surface area (Å²) < 4.78 is 39.7. The molecule has 5 rings (SSSR count). The summed E-state index contributed by atoms with van der Waals surface area (Å²) in [5.74, 6) is -3.01. The average molecular weight is 780 g/mol. The lowest BCUT2D eigenvalue weighted by molar-refractivity contribution is -0.129. The summed E-state index contributed by atoms with van der Waals surface area (Å²) in [6.45, 7) is 6.11. The number of halogens is 4. The lowest BCUT2D eigenvalue weighted by Crippen LogP contribution is -2.51. The van der Waals surface area contributed by atoms with E-state index in [1.54, 1.807) is 41.5 Å². The predicted octanol–water partition coefficient (Wildman–Crippen LogP) is 5.12. The van der Waals surface area contributed by atoms with Crippen LogP contribution in [0.15, 0.2) is 36.5 Å². The molecule has 4 aromatic rings. The van der Waals surface area contributed by atoms with E-state index >= 15 is 8.78 Å². The Morgan fingerprint density at radius 3 is 2.34 bits per heavy atom. The van der Waals surface area contributed by atoms with Crippen LogP contribution in [0.25, 0.3) is 22.4 Å². The fourth-order valence-corrected chi connectivity index (χ4v) is 6.40. The van der Waals surface area contributed by atoms with E-state index in [1.165, 1.54) is 42.1 Å². The molecule has 0 aliphatic carbocycles. The van der Waals surface area contributed by atoms with Gasteiger partial charge in [-0.05, 0) is 38.1 Å². The normalized spacial score (nSPS) is 13.3. The Bertz CT molecular complexity index is 1850. The van der Waals surface area contributed by atoms with Crippen LogP contribution in [-0.4, -0.2) is 91.2 Å². The van der Waals surface area contributed by atoms with Crippen molar-refractivity contribution in [3.63, 3.8) is 0 Å². The number of imidazole rings is 1. The molecule has 3 heterocycles. The van der Waals surface area contributed by atoms with Crippen molar-refractivity contribution < 1.29 is 27.9 Å². The van der Waals surface area contributed by atoms with Gasteiger partial charge in [-0.2, -0.15) is 5.10 Å². The minimum Gasteiger partial charge on any atom is -0.383 e. The number of methoxy groups -OCH3 is 1. The van der Waals surface area contributed by atoms with Crippen LogP contribution in [-0.2, 0) is 23.1 Å². The molecule has 0 saturated carbocycles. The maximum absolute atomic E-state index is 15.6. The first-order chi connectivity index (χ1) is 22.5. The zero-order valence-corrected chi connectivity index (χ0v) is 29.2. The third kappa shape index (κ3) is 6.90. The number of piperazine rings is 1. The number of aryl methyl sites for hydroxylation is 1. The second kappa shape index (κ2) is 14.5. The van der Waals surface area contributed by atoms with E-state index < -0.39 is 17.5 Å². The number of amides is 3. The van der Waals surface area contributed by atoms with E-state index in [2.05, 4.69) is 15.4 Å². The van der Waals surface area contributed by atoms with Gasteiger partial charge in [0.05, 0.1) is 45.7 Å². The van der Waals surface area contributed by atoms with Gasteiger partial charge in [-0.25, -0.2) is 13.8 Å². The van der Waals surface area contributed by atoms with Crippen LogP contribution in [0.4, 0.5) is 14.5 Å². The van der Waals surface area contributed by atoms with Gasteiger partial charge >= 0.3 is 0 Å². The largest absolute Gasteiger partial charge is 0.383 e. The molecule has 1 N–H and O–H groups in total.